The molecule has 0 saturated carbocycles. The third kappa shape index (κ3) is 3.08. The Hall–Kier alpha value is -2.86. The van der Waals surface area contributed by atoms with Crippen LogP contribution in [0.15, 0.2) is 40.9 Å². The summed E-state index contributed by atoms with van der Waals surface area (Å²) in [5.41, 5.74) is 11.7. The molecule has 1 aliphatic heterocycles. The number of fused-ring (bicyclic) bond motifs is 2. The molecule has 1 atom stereocenters. The molecule has 2 aromatic carbocycles. The van der Waals surface area contributed by atoms with E-state index in [4.69, 9.17) is 15.0 Å². The smallest absolute Gasteiger partial charge is 0.258 e. The van der Waals surface area contributed by atoms with Gasteiger partial charge in [-0.15, -0.1) is 0 Å². The van der Waals surface area contributed by atoms with Gasteiger partial charge in [-0.1, -0.05) is 23.4 Å². The maximum atomic E-state index is 6.14. The van der Waals surface area contributed by atoms with Gasteiger partial charge < -0.3 is 20.3 Å². The Labute approximate surface area is 170 Å². The standard InChI is InChI=1S/C23H26N4O2/c1-14(2)28-20-7-6-15(12-19(20)24)22-26-21(27-29-22)17-4-3-5-18-16(17)8-9-23(18)10-11-25-13-23/h3-7,12,14,25H,8-11,13,24H2,1-2H3. The molecule has 0 amide bonds. The van der Waals surface area contributed by atoms with Gasteiger partial charge in [0, 0.05) is 23.1 Å². The summed E-state index contributed by atoms with van der Waals surface area (Å²) in [5.74, 6) is 1.77. The van der Waals surface area contributed by atoms with Gasteiger partial charge in [0.25, 0.3) is 5.89 Å². The molecule has 6 nitrogen and oxygen atoms in total. The number of rotatable bonds is 4. The second-order valence-corrected chi connectivity index (χ2v) is 8.38. The minimum Gasteiger partial charge on any atom is -0.489 e. The van der Waals surface area contributed by atoms with Gasteiger partial charge in [0.2, 0.25) is 5.82 Å². The molecule has 0 bridgehead atoms. The Morgan fingerprint density at radius 3 is 2.86 bits per heavy atom. The highest BCUT2D eigenvalue weighted by Crippen LogP contribution is 2.46. The molecule has 0 radical (unpaired) electrons. The summed E-state index contributed by atoms with van der Waals surface area (Å²) in [6.45, 7) is 6.10. The van der Waals surface area contributed by atoms with Gasteiger partial charge in [0.05, 0.1) is 11.8 Å². The third-order valence-electron chi connectivity index (χ3n) is 6.13. The third-order valence-corrected chi connectivity index (χ3v) is 6.13. The van der Waals surface area contributed by atoms with Gasteiger partial charge in [0.15, 0.2) is 0 Å². The molecule has 1 aliphatic carbocycles. The maximum absolute atomic E-state index is 6.14. The Morgan fingerprint density at radius 2 is 2.10 bits per heavy atom. The SMILES string of the molecule is CC(C)Oc1ccc(-c2nc(-c3cccc4c3CCC43CCNC3)no2)cc1N. The number of aromatic nitrogens is 2. The quantitative estimate of drug-likeness (QED) is 0.656. The minimum atomic E-state index is 0.0664. The van der Waals surface area contributed by atoms with Crippen LogP contribution in [0.5, 0.6) is 5.75 Å². The van der Waals surface area contributed by atoms with Gasteiger partial charge in [-0.3, -0.25) is 0 Å². The van der Waals surface area contributed by atoms with Crippen LogP contribution in [0.1, 0.15) is 37.8 Å². The first-order chi connectivity index (χ1) is 14.1. The lowest BCUT2D eigenvalue weighted by molar-refractivity contribution is 0.244. The van der Waals surface area contributed by atoms with E-state index in [0.717, 1.165) is 30.6 Å². The van der Waals surface area contributed by atoms with Crippen molar-refractivity contribution in [3.8, 4) is 28.6 Å². The fraction of sp³-hybridized carbons (Fsp3) is 0.391. The maximum Gasteiger partial charge on any atom is 0.258 e. The Morgan fingerprint density at radius 1 is 1.21 bits per heavy atom. The highest BCUT2D eigenvalue weighted by Gasteiger charge is 2.42. The van der Waals surface area contributed by atoms with Crippen molar-refractivity contribution in [2.24, 2.45) is 0 Å². The molecular weight excluding hydrogens is 364 g/mol. The van der Waals surface area contributed by atoms with Crippen LogP contribution in [-0.2, 0) is 11.8 Å². The van der Waals surface area contributed by atoms with Gasteiger partial charge >= 0.3 is 0 Å². The van der Waals surface area contributed by atoms with Gasteiger partial charge in [-0.2, -0.15) is 4.98 Å². The Kier molecular flexibility index (Phi) is 4.32. The number of nitrogens with two attached hydrogens (primary N) is 1. The molecule has 1 fully saturated rings. The first-order valence-corrected chi connectivity index (χ1v) is 10.3. The minimum absolute atomic E-state index is 0.0664. The molecule has 29 heavy (non-hydrogen) atoms. The zero-order valence-corrected chi connectivity index (χ0v) is 16.9. The van der Waals surface area contributed by atoms with E-state index >= 15 is 0 Å². The van der Waals surface area contributed by atoms with Crippen LogP contribution in [0.25, 0.3) is 22.8 Å². The highest BCUT2D eigenvalue weighted by atomic mass is 16.5. The second-order valence-electron chi connectivity index (χ2n) is 8.38. The van der Waals surface area contributed by atoms with E-state index in [1.54, 1.807) is 0 Å². The number of hydrogen-bond acceptors (Lipinski definition) is 6. The second kappa shape index (κ2) is 6.88. The molecule has 2 heterocycles. The van der Waals surface area contributed by atoms with Crippen LogP contribution in [0.2, 0.25) is 0 Å². The molecule has 1 unspecified atom stereocenters. The topological polar surface area (TPSA) is 86.2 Å². The average molecular weight is 390 g/mol. The monoisotopic (exact) mass is 390 g/mol. The van der Waals surface area contributed by atoms with E-state index in [9.17, 15) is 0 Å². The summed E-state index contributed by atoms with van der Waals surface area (Å²) in [4.78, 5) is 4.69. The number of nitrogens with one attached hydrogen (secondary N) is 1. The van der Waals surface area contributed by atoms with Crippen molar-refractivity contribution in [1.29, 1.82) is 0 Å². The lowest BCUT2D eigenvalue weighted by atomic mass is 9.81. The fourth-order valence-electron chi connectivity index (χ4n) is 4.74. The summed E-state index contributed by atoms with van der Waals surface area (Å²) >= 11 is 0. The van der Waals surface area contributed by atoms with Crippen molar-refractivity contribution in [3.63, 3.8) is 0 Å². The molecule has 1 aromatic heterocycles. The summed E-state index contributed by atoms with van der Waals surface area (Å²) in [6, 6.07) is 12.1. The molecule has 150 valence electrons. The van der Waals surface area contributed by atoms with Crippen molar-refractivity contribution in [3.05, 3.63) is 47.5 Å². The normalized spacial score (nSPS) is 20.5. The van der Waals surface area contributed by atoms with E-state index in [0.29, 0.717) is 23.2 Å². The van der Waals surface area contributed by atoms with E-state index in [-0.39, 0.29) is 11.5 Å². The molecule has 1 spiro atoms. The first kappa shape index (κ1) is 18.2. The predicted molar refractivity (Wildman–Crippen MR) is 113 cm³/mol. The number of nitrogens with zero attached hydrogens (tertiary/aromatic N) is 2. The zero-order valence-electron chi connectivity index (χ0n) is 16.9. The van der Waals surface area contributed by atoms with Crippen molar-refractivity contribution in [2.75, 3.05) is 18.8 Å². The lowest BCUT2D eigenvalue weighted by Gasteiger charge is -2.23. The van der Waals surface area contributed by atoms with Crippen molar-refractivity contribution in [1.82, 2.24) is 15.5 Å². The van der Waals surface area contributed by atoms with Crippen LogP contribution in [-0.4, -0.2) is 29.3 Å². The van der Waals surface area contributed by atoms with Crippen LogP contribution in [0.4, 0.5) is 5.69 Å². The fourth-order valence-corrected chi connectivity index (χ4v) is 4.74. The van der Waals surface area contributed by atoms with Crippen molar-refractivity contribution >= 4 is 5.69 Å². The van der Waals surface area contributed by atoms with Crippen LogP contribution in [0.3, 0.4) is 0 Å². The number of nitrogen functional groups attached to an aromatic ring is 1. The van der Waals surface area contributed by atoms with Gasteiger partial charge in [-0.05, 0) is 69.0 Å². The van der Waals surface area contributed by atoms with Crippen LogP contribution < -0.4 is 15.8 Å². The number of anilines is 1. The van der Waals surface area contributed by atoms with Gasteiger partial charge in [-0.25, -0.2) is 0 Å². The van der Waals surface area contributed by atoms with E-state index in [1.165, 1.54) is 24.0 Å². The molecule has 1 saturated heterocycles. The molecular formula is C23H26N4O2. The zero-order chi connectivity index (χ0) is 20.0. The average Bonchev–Trinajstić information content (AvgIpc) is 3.45. The van der Waals surface area contributed by atoms with Crippen LogP contribution >= 0.6 is 0 Å². The molecule has 2 aliphatic rings. The lowest BCUT2D eigenvalue weighted by Crippen LogP contribution is -2.25. The molecule has 5 rings (SSSR count). The molecule has 3 aromatic rings. The first-order valence-electron chi connectivity index (χ1n) is 10.3. The van der Waals surface area contributed by atoms with Crippen LogP contribution in [0, 0.1) is 0 Å². The molecule has 3 N–H and O–H groups in total. The summed E-state index contributed by atoms with van der Waals surface area (Å²) in [7, 11) is 0. The number of benzene rings is 2. The summed E-state index contributed by atoms with van der Waals surface area (Å²) in [6.07, 6.45) is 3.51. The summed E-state index contributed by atoms with van der Waals surface area (Å²) in [5, 5.41) is 7.81. The van der Waals surface area contributed by atoms with Crippen molar-refractivity contribution in [2.45, 2.75) is 44.6 Å². The predicted octanol–water partition coefficient (Wildman–Crippen LogP) is 3.95. The number of ether oxygens (including phenoxy) is 1. The molecule has 6 heteroatoms. The van der Waals surface area contributed by atoms with Crippen molar-refractivity contribution < 1.29 is 9.26 Å². The Bertz CT molecular complexity index is 1050. The Balaban J connectivity index is 1.48. The van der Waals surface area contributed by atoms with E-state index < -0.39 is 0 Å². The highest BCUT2D eigenvalue weighted by molar-refractivity contribution is 5.69. The van der Waals surface area contributed by atoms with E-state index in [2.05, 4.69) is 33.7 Å². The number of hydrogen-bond donors (Lipinski definition) is 2. The van der Waals surface area contributed by atoms with E-state index in [1.807, 2.05) is 32.0 Å². The summed E-state index contributed by atoms with van der Waals surface area (Å²) < 4.78 is 11.3. The van der Waals surface area contributed by atoms with Gasteiger partial charge in [0.1, 0.15) is 5.75 Å². The largest absolute Gasteiger partial charge is 0.489 e.